The minimum atomic E-state index is -0.293. The van der Waals surface area contributed by atoms with Crippen molar-refractivity contribution < 1.29 is 4.92 Å². The van der Waals surface area contributed by atoms with Crippen LogP contribution in [0.5, 0.6) is 0 Å². The lowest BCUT2D eigenvalue weighted by Crippen LogP contribution is -2.45. The molecule has 0 spiro atoms. The first-order valence-corrected chi connectivity index (χ1v) is 8.89. The van der Waals surface area contributed by atoms with Gasteiger partial charge in [-0.05, 0) is 44.2 Å². The molecule has 1 aromatic rings. The van der Waals surface area contributed by atoms with Gasteiger partial charge in [-0.2, -0.15) is 0 Å². The minimum absolute atomic E-state index is 0.185. The van der Waals surface area contributed by atoms with Crippen LogP contribution in [0.25, 0.3) is 0 Å². The van der Waals surface area contributed by atoms with Gasteiger partial charge in [0.05, 0.1) is 4.92 Å². The van der Waals surface area contributed by atoms with Crippen molar-refractivity contribution in [2.75, 3.05) is 18.4 Å². The second-order valence-corrected chi connectivity index (χ2v) is 7.02. The summed E-state index contributed by atoms with van der Waals surface area (Å²) < 4.78 is 0. The predicted octanol–water partition coefficient (Wildman–Crippen LogP) is 4.11. The number of nitro benzene ring substituents is 1. The van der Waals surface area contributed by atoms with E-state index in [2.05, 4.69) is 10.2 Å². The standard InChI is InChI=1S/C18H27N3O2/c1-14-7-8-18(21(22)23)17(13-14)19-15-9-11-20(12-10-15)16-5-3-2-4-6-16/h7-8,13,15-16,19H,2-6,9-12H2,1H3. The van der Waals surface area contributed by atoms with Crippen LogP contribution in [0.2, 0.25) is 0 Å². The molecule has 2 aliphatic rings. The van der Waals surface area contributed by atoms with Crippen molar-refractivity contribution >= 4 is 11.4 Å². The normalized spacial score (nSPS) is 21.3. The van der Waals surface area contributed by atoms with Crippen molar-refractivity contribution in [3.63, 3.8) is 0 Å². The van der Waals surface area contributed by atoms with Crippen molar-refractivity contribution in [1.82, 2.24) is 4.90 Å². The first kappa shape index (κ1) is 16.2. The van der Waals surface area contributed by atoms with Crippen LogP contribution in [-0.4, -0.2) is 35.0 Å². The summed E-state index contributed by atoms with van der Waals surface area (Å²) in [5.74, 6) is 0. The topological polar surface area (TPSA) is 58.4 Å². The van der Waals surface area contributed by atoms with E-state index in [0.29, 0.717) is 11.7 Å². The van der Waals surface area contributed by atoms with E-state index in [4.69, 9.17) is 0 Å². The molecule has 126 valence electrons. The van der Waals surface area contributed by atoms with Gasteiger partial charge in [0.1, 0.15) is 5.69 Å². The molecule has 1 N–H and O–H groups in total. The highest BCUT2D eigenvalue weighted by Crippen LogP contribution is 2.29. The Morgan fingerprint density at radius 2 is 1.83 bits per heavy atom. The first-order valence-electron chi connectivity index (χ1n) is 8.89. The summed E-state index contributed by atoms with van der Waals surface area (Å²) in [4.78, 5) is 13.5. The quantitative estimate of drug-likeness (QED) is 0.670. The van der Waals surface area contributed by atoms with Crippen LogP contribution in [0.3, 0.4) is 0 Å². The Labute approximate surface area is 138 Å². The number of likely N-dealkylation sites (tertiary alicyclic amines) is 1. The van der Waals surface area contributed by atoms with Gasteiger partial charge < -0.3 is 10.2 Å². The van der Waals surface area contributed by atoms with Crippen LogP contribution in [0.4, 0.5) is 11.4 Å². The predicted molar refractivity (Wildman–Crippen MR) is 92.9 cm³/mol. The maximum atomic E-state index is 11.2. The first-order chi connectivity index (χ1) is 11.1. The second-order valence-electron chi connectivity index (χ2n) is 7.02. The molecule has 1 saturated carbocycles. The summed E-state index contributed by atoms with van der Waals surface area (Å²) >= 11 is 0. The fraction of sp³-hybridized carbons (Fsp3) is 0.667. The van der Waals surface area contributed by atoms with Gasteiger partial charge in [0.2, 0.25) is 0 Å². The monoisotopic (exact) mass is 317 g/mol. The summed E-state index contributed by atoms with van der Waals surface area (Å²) in [6, 6.07) is 6.42. The van der Waals surface area contributed by atoms with Crippen molar-refractivity contribution in [2.24, 2.45) is 0 Å². The van der Waals surface area contributed by atoms with E-state index in [-0.39, 0.29) is 10.6 Å². The van der Waals surface area contributed by atoms with E-state index >= 15 is 0 Å². The number of rotatable bonds is 4. The highest BCUT2D eigenvalue weighted by atomic mass is 16.6. The van der Waals surface area contributed by atoms with E-state index in [1.165, 1.54) is 32.1 Å². The molecule has 1 aliphatic heterocycles. The van der Waals surface area contributed by atoms with Crippen molar-refractivity contribution in [3.8, 4) is 0 Å². The molecule has 0 unspecified atom stereocenters. The molecule has 0 bridgehead atoms. The van der Waals surface area contributed by atoms with E-state index < -0.39 is 0 Å². The molecule has 23 heavy (non-hydrogen) atoms. The summed E-state index contributed by atoms with van der Waals surface area (Å²) in [6.45, 7) is 4.20. The van der Waals surface area contributed by atoms with Crippen LogP contribution < -0.4 is 5.32 Å². The second kappa shape index (κ2) is 7.30. The van der Waals surface area contributed by atoms with Gasteiger partial charge >= 0.3 is 0 Å². The molecule has 0 atom stereocenters. The Balaban J connectivity index is 1.58. The zero-order valence-corrected chi connectivity index (χ0v) is 14.0. The summed E-state index contributed by atoms with van der Waals surface area (Å²) in [5.41, 5.74) is 1.91. The van der Waals surface area contributed by atoms with E-state index in [9.17, 15) is 10.1 Å². The van der Waals surface area contributed by atoms with Crippen molar-refractivity contribution in [2.45, 2.75) is 64.0 Å². The maximum Gasteiger partial charge on any atom is 0.292 e. The number of benzene rings is 1. The van der Waals surface area contributed by atoms with E-state index in [0.717, 1.165) is 37.5 Å². The van der Waals surface area contributed by atoms with Crippen LogP contribution in [0.15, 0.2) is 18.2 Å². The fourth-order valence-corrected chi connectivity index (χ4v) is 4.00. The van der Waals surface area contributed by atoms with E-state index in [1.807, 2.05) is 13.0 Å². The number of aryl methyl sites for hydroxylation is 1. The average Bonchev–Trinajstić information content (AvgIpc) is 2.56. The molecule has 1 aliphatic carbocycles. The van der Waals surface area contributed by atoms with Crippen molar-refractivity contribution in [3.05, 3.63) is 33.9 Å². The fourth-order valence-electron chi connectivity index (χ4n) is 4.00. The molecular weight excluding hydrogens is 290 g/mol. The Kier molecular flexibility index (Phi) is 5.16. The number of hydrogen-bond acceptors (Lipinski definition) is 4. The number of hydrogen-bond donors (Lipinski definition) is 1. The molecule has 0 amide bonds. The molecular formula is C18H27N3O2. The summed E-state index contributed by atoms with van der Waals surface area (Å²) in [7, 11) is 0. The molecule has 5 heteroatoms. The molecule has 0 radical (unpaired) electrons. The third kappa shape index (κ3) is 4.02. The molecule has 5 nitrogen and oxygen atoms in total. The van der Waals surface area contributed by atoms with Gasteiger partial charge in [0, 0.05) is 31.2 Å². The minimum Gasteiger partial charge on any atom is -0.377 e. The molecule has 2 fully saturated rings. The van der Waals surface area contributed by atoms with Crippen LogP contribution in [0.1, 0.15) is 50.5 Å². The molecule has 1 heterocycles. The van der Waals surface area contributed by atoms with Gasteiger partial charge in [-0.15, -0.1) is 0 Å². The van der Waals surface area contributed by atoms with Gasteiger partial charge in [0.25, 0.3) is 5.69 Å². The Hall–Kier alpha value is -1.62. The Morgan fingerprint density at radius 3 is 2.48 bits per heavy atom. The lowest BCUT2D eigenvalue weighted by atomic mass is 9.92. The van der Waals surface area contributed by atoms with Gasteiger partial charge in [-0.3, -0.25) is 10.1 Å². The SMILES string of the molecule is Cc1ccc([N+](=O)[O-])c(NC2CCN(C3CCCCC3)CC2)c1. The van der Waals surface area contributed by atoms with E-state index in [1.54, 1.807) is 12.1 Å². The van der Waals surface area contributed by atoms with Gasteiger partial charge in [0.15, 0.2) is 0 Å². The maximum absolute atomic E-state index is 11.2. The van der Waals surface area contributed by atoms with Gasteiger partial charge in [-0.25, -0.2) is 0 Å². The highest BCUT2D eigenvalue weighted by molar-refractivity contribution is 5.63. The number of nitrogens with zero attached hydrogens (tertiary/aromatic N) is 2. The molecule has 3 rings (SSSR count). The summed E-state index contributed by atoms with van der Waals surface area (Å²) in [6.07, 6.45) is 8.98. The van der Waals surface area contributed by atoms with Crippen LogP contribution in [0, 0.1) is 17.0 Å². The van der Waals surface area contributed by atoms with Crippen LogP contribution >= 0.6 is 0 Å². The lowest BCUT2D eigenvalue weighted by molar-refractivity contribution is -0.384. The van der Waals surface area contributed by atoms with Crippen LogP contribution in [-0.2, 0) is 0 Å². The highest BCUT2D eigenvalue weighted by Gasteiger charge is 2.27. The zero-order chi connectivity index (χ0) is 16.2. The van der Waals surface area contributed by atoms with Gasteiger partial charge in [-0.1, -0.05) is 25.3 Å². The number of nitro groups is 1. The number of piperidine rings is 1. The average molecular weight is 317 g/mol. The molecule has 0 aromatic heterocycles. The lowest BCUT2D eigenvalue weighted by Gasteiger charge is -2.39. The Bertz CT molecular complexity index is 547. The zero-order valence-electron chi connectivity index (χ0n) is 14.0. The largest absolute Gasteiger partial charge is 0.377 e. The number of nitrogens with one attached hydrogen (secondary N) is 1. The Morgan fingerprint density at radius 1 is 1.13 bits per heavy atom. The number of anilines is 1. The molecule has 1 aromatic carbocycles. The third-order valence-electron chi connectivity index (χ3n) is 5.33. The third-order valence-corrected chi connectivity index (χ3v) is 5.33. The molecule has 1 saturated heterocycles. The smallest absolute Gasteiger partial charge is 0.292 e. The van der Waals surface area contributed by atoms with Crippen molar-refractivity contribution in [1.29, 1.82) is 0 Å². The summed E-state index contributed by atoms with van der Waals surface area (Å²) in [5, 5.41) is 14.6.